The summed E-state index contributed by atoms with van der Waals surface area (Å²) in [7, 11) is 1.89. The Morgan fingerprint density at radius 2 is 2.10 bits per heavy atom. The lowest BCUT2D eigenvalue weighted by Crippen LogP contribution is -2.52. The van der Waals surface area contributed by atoms with E-state index in [2.05, 4.69) is 37.6 Å². The molecule has 1 saturated carbocycles. The highest BCUT2D eigenvalue weighted by Gasteiger charge is 2.24. The molecule has 0 aromatic carbocycles. The van der Waals surface area contributed by atoms with Gasteiger partial charge in [-0.15, -0.1) is 35.3 Å². The standard InChI is InChI=1S/C14H22N4S.HI/c1-15-14(16-11-12-4-5-12)18-8-6-17(7-9-18)13-3-2-10-19-13;/h2-3,10,12H,4-9,11H2,1H3,(H,15,16);1H. The van der Waals surface area contributed by atoms with E-state index in [1.165, 1.54) is 17.8 Å². The van der Waals surface area contributed by atoms with Crippen LogP contribution in [0.25, 0.3) is 0 Å². The number of hydrogen-bond donors (Lipinski definition) is 1. The van der Waals surface area contributed by atoms with E-state index in [0.717, 1.165) is 44.6 Å². The summed E-state index contributed by atoms with van der Waals surface area (Å²) >= 11 is 1.83. The predicted octanol–water partition coefficient (Wildman–Crippen LogP) is 2.47. The van der Waals surface area contributed by atoms with Crippen molar-refractivity contribution in [3.8, 4) is 0 Å². The van der Waals surface area contributed by atoms with Gasteiger partial charge in [0.05, 0.1) is 5.00 Å². The number of nitrogens with one attached hydrogen (secondary N) is 1. The molecule has 1 aliphatic carbocycles. The maximum atomic E-state index is 4.41. The molecule has 2 fully saturated rings. The third-order valence-corrected chi connectivity index (χ3v) is 4.78. The van der Waals surface area contributed by atoms with Crippen molar-refractivity contribution in [2.75, 3.05) is 44.7 Å². The van der Waals surface area contributed by atoms with Crippen molar-refractivity contribution in [1.29, 1.82) is 0 Å². The maximum absolute atomic E-state index is 4.41. The fourth-order valence-electron chi connectivity index (χ4n) is 2.48. The van der Waals surface area contributed by atoms with Crippen molar-refractivity contribution in [2.45, 2.75) is 12.8 Å². The van der Waals surface area contributed by atoms with Gasteiger partial charge in [0.1, 0.15) is 0 Å². The number of hydrogen-bond acceptors (Lipinski definition) is 3. The summed E-state index contributed by atoms with van der Waals surface area (Å²) in [6.07, 6.45) is 2.77. The number of rotatable bonds is 3. The fraction of sp³-hybridized carbons (Fsp3) is 0.643. The van der Waals surface area contributed by atoms with Gasteiger partial charge < -0.3 is 15.1 Å². The summed E-state index contributed by atoms with van der Waals surface area (Å²) in [5.41, 5.74) is 0. The number of aliphatic imine (C=N–C) groups is 1. The second-order valence-corrected chi connectivity index (χ2v) is 6.22. The van der Waals surface area contributed by atoms with E-state index >= 15 is 0 Å². The Morgan fingerprint density at radius 3 is 2.65 bits per heavy atom. The van der Waals surface area contributed by atoms with Crippen LogP contribution in [0.4, 0.5) is 5.00 Å². The van der Waals surface area contributed by atoms with Gasteiger partial charge in [-0.25, -0.2) is 0 Å². The van der Waals surface area contributed by atoms with Gasteiger partial charge in [0, 0.05) is 39.8 Å². The van der Waals surface area contributed by atoms with Crippen molar-refractivity contribution < 1.29 is 0 Å². The van der Waals surface area contributed by atoms with E-state index in [1.807, 2.05) is 18.4 Å². The monoisotopic (exact) mass is 406 g/mol. The van der Waals surface area contributed by atoms with Crippen LogP contribution in [-0.4, -0.2) is 50.6 Å². The average Bonchev–Trinajstić information content (AvgIpc) is 3.12. The predicted molar refractivity (Wildman–Crippen MR) is 97.6 cm³/mol. The normalized spacial score (nSPS) is 19.8. The van der Waals surface area contributed by atoms with Crippen LogP contribution in [0.3, 0.4) is 0 Å². The van der Waals surface area contributed by atoms with Crippen molar-refractivity contribution in [1.82, 2.24) is 10.2 Å². The van der Waals surface area contributed by atoms with Gasteiger partial charge >= 0.3 is 0 Å². The molecule has 1 aromatic rings. The molecule has 2 aliphatic rings. The molecule has 4 nitrogen and oxygen atoms in total. The van der Waals surface area contributed by atoms with Crippen LogP contribution in [0.2, 0.25) is 0 Å². The molecule has 112 valence electrons. The van der Waals surface area contributed by atoms with Crippen LogP contribution in [0.5, 0.6) is 0 Å². The smallest absolute Gasteiger partial charge is 0.193 e. The number of piperazine rings is 1. The highest BCUT2D eigenvalue weighted by Crippen LogP contribution is 2.27. The lowest BCUT2D eigenvalue weighted by Gasteiger charge is -2.37. The molecule has 0 radical (unpaired) electrons. The third-order valence-electron chi connectivity index (χ3n) is 3.85. The van der Waals surface area contributed by atoms with Crippen LogP contribution in [0.15, 0.2) is 22.5 Å². The van der Waals surface area contributed by atoms with Gasteiger partial charge in [0.15, 0.2) is 5.96 Å². The first-order valence-electron chi connectivity index (χ1n) is 7.11. The van der Waals surface area contributed by atoms with E-state index in [1.54, 1.807) is 0 Å². The topological polar surface area (TPSA) is 30.9 Å². The highest BCUT2D eigenvalue weighted by molar-refractivity contribution is 14.0. The number of anilines is 1. The Kier molecular flexibility index (Phi) is 5.95. The molecule has 0 atom stereocenters. The van der Waals surface area contributed by atoms with E-state index in [0.29, 0.717) is 0 Å². The largest absolute Gasteiger partial charge is 0.360 e. The molecular weight excluding hydrogens is 383 g/mol. The summed E-state index contributed by atoms with van der Waals surface area (Å²) in [6.45, 7) is 5.39. The van der Waals surface area contributed by atoms with E-state index in [4.69, 9.17) is 0 Å². The minimum atomic E-state index is 0. The lowest BCUT2D eigenvalue weighted by atomic mass is 10.3. The lowest BCUT2D eigenvalue weighted by molar-refractivity contribution is 0.373. The van der Waals surface area contributed by atoms with Crippen molar-refractivity contribution in [3.05, 3.63) is 17.5 Å². The summed E-state index contributed by atoms with van der Waals surface area (Å²) in [6, 6.07) is 4.34. The minimum Gasteiger partial charge on any atom is -0.360 e. The molecule has 1 aromatic heterocycles. The first kappa shape index (κ1) is 15.9. The molecule has 1 saturated heterocycles. The zero-order chi connectivity index (χ0) is 13.1. The van der Waals surface area contributed by atoms with Crippen molar-refractivity contribution in [2.24, 2.45) is 10.9 Å². The Hall–Kier alpha value is -0.500. The summed E-state index contributed by atoms with van der Waals surface area (Å²) in [4.78, 5) is 9.26. The molecule has 1 aliphatic heterocycles. The second-order valence-electron chi connectivity index (χ2n) is 5.30. The van der Waals surface area contributed by atoms with E-state index < -0.39 is 0 Å². The summed E-state index contributed by atoms with van der Waals surface area (Å²) in [5.74, 6) is 1.97. The van der Waals surface area contributed by atoms with Gasteiger partial charge in [-0.3, -0.25) is 4.99 Å². The first-order valence-corrected chi connectivity index (χ1v) is 7.99. The molecule has 0 spiro atoms. The number of guanidine groups is 1. The van der Waals surface area contributed by atoms with Crippen LogP contribution < -0.4 is 10.2 Å². The van der Waals surface area contributed by atoms with Gasteiger partial charge in [-0.05, 0) is 36.3 Å². The SMILES string of the molecule is CN=C(NCC1CC1)N1CCN(c2cccs2)CC1.I. The summed E-state index contributed by atoms with van der Waals surface area (Å²) in [5, 5.41) is 7.05. The van der Waals surface area contributed by atoms with Gasteiger partial charge in [-0.2, -0.15) is 0 Å². The van der Waals surface area contributed by atoms with Crippen LogP contribution >= 0.6 is 35.3 Å². The Morgan fingerprint density at radius 1 is 1.35 bits per heavy atom. The number of nitrogens with zero attached hydrogens (tertiary/aromatic N) is 3. The second kappa shape index (κ2) is 7.49. The van der Waals surface area contributed by atoms with Gasteiger partial charge in [0.2, 0.25) is 0 Å². The Labute approximate surface area is 142 Å². The van der Waals surface area contributed by atoms with E-state index in [-0.39, 0.29) is 24.0 Å². The quantitative estimate of drug-likeness (QED) is 0.476. The average molecular weight is 406 g/mol. The zero-order valence-corrected chi connectivity index (χ0v) is 15.1. The molecule has 2 heterocycles. The van der Waals surface area contributed by atoms with Gasteiger partial charge in [0.25, 0.3) is 0 Å². The molecule has 20 heavy (non-hydrogen) atoms. The molecule has 1 N–H and O–H groups in total. The summed E-state index contributed by atoms with van der Waals surface area (Å²) < 4.78 is 0. The molecule has 0 bridgehead atoms. The van der Waals surface area contributed by atoms with Crippen LogP contribution in [-0.2, 0) is 0 Å². The fourth-order valence-corrected chi connectivity index (χ4v) is 3.26. The van der Waals surface area contributed by atoms with Crippen LogP contribution in [0, 0.1) is 5.92 Å². The van der Waals surface area contributed by atoms with Crippen molar-refractivity contribution >= 4 is 46.3 Å². The van der Waals surface area contributed by atoms with E-state index in [9.17, 15) is 0 Å². The minimum absolute atomic E-state index is 0. The molecular formula is C14H23IN4S. The molecule has 3 rings (SSSR count). The van der Waals surface area contributed by atoms with Crippen LogP contribution in [0.1, 0.15) is 12.8 Å². The third kappa shape index (κ3) is 4.00. The maximum Gasteiger partial charge on any atom is 0.193 e. The molecule has 6 heteroatoms. The Bertz CT molecular complexity index is 422. The highest BCUT2D eigenvalue weighted by atomic mass is 127. The first-order chi connectivity index (χ1) is 9.36. The number of thiophene rings is 1. The van der Waals surface area contributed by atoms with Gasteiger partial charge in [-0.1, -0.05) is 0 Å². The molecule has 0 unspecified atom stereocenters. The Balaban J connectivity index is 0.00000147. The van der Waals surface area contributed by atoms with Crippen molar-refractivity contribution in [3.63, 3.8) is 0 Å². The number of halogens is 1. The molecule has 0 amide bonds. The zero-order valence-electron chi connectivity index (χ0n) is 11.9.